The van der Waals surface area contributed by atoms with E-state index in [9.17, 15) is 0 Å². The zero-order chi connectivity index (χ0) is 7.11. The first kappa shape index (κ1) is 8.65. The lowest BCUT2D eigenvalue weighted by Gasteiger charge is -1.89. The molecule has 0 rings (SSSR count). The maximum atomic E-state index is 5.05. The van der Waals surface area contributed by atoms with Crippen LogP contribution in [-0.2, 0) is 0 Å². The fourth-order valence-corrected chi connectivity index (χ4v) is 1.03. The standard InChI is InChI=1S/C8H12S/c1-4-6-9-7-5-8(2)3/h1,5H,6-7H2,2-3H3. The van der Waals surface area contributed by atoms with E-state index in [0.29, 0.717) is 0 Å². The Bertz CT molecular complexity index is 124. The van der Waals surface area contributed by atoms with Crippen LogP contribution in [0.2, 0.25) is 0 Å². The first-order valence-electron chi connectivity index (χ1n) is 2.92. The molecule has 0 nitrogen and oxygen atoms in total. The van der Waals surface area contributed by atoms with Crippen LogP contribution >= 0.6 is 11.8 Å². The van der Waals surface area contributed by atoms with Gasteiger partial charge in [0.25, 0.3) is 0 Å². The van der Waals surface area contributed by atoms with Gasteiger partial charge in [0.2, 0.25) is 0 Å². The molecule has 50 valence electrons. The van der Waals surface area contributed by atoms with E-state index in [-0.39, 0.29) is 0 Å². The first-order chi connectivity index (χ1) is 4.27. The van der Waals surface area contributed by atoms with Gasteiger partial charge in [-0.3, -0.25) is 0 Å². The Morgan fingerprint density at radius 2 is 2.33 bits per heavy atom. The van der Waals surface area contributed by atoms with E-state index < -0.39 is 0 Å². The van der Waals surface area contributed by atoms with Crippen LogP contribution in [-0.4, -0.2) is 11.5 Å². The number of terminal acetylenes is 1. The lowest BCUT2D eigenvalue weighted by Crippen LogP contribution is -1.75. The molecule has 0 spiro atoms. The molecule has 0 bridgehead atoms. The van der Waals surface area contributed by atoms with E-state index >= 15 is 0 Å². The molecule has 0 atom stereocenters. The second-order valence-electron chi connectivity index (χ2n) is 2.00. The van der Waals surface area contributed by atoms with Crippen LogP contribution in [0, 0.1) is 12.3 Å². The van der Waals surface area contributed by atoms with E-state index in [1.54, 1.807) is 11.8 Å². The summed E-state index contributed by atoms with van der Waals surface area (Å²) in [7, 11) is 0. The molecule has 0 aliphatic carbocycles. The van der Waals surface area contributed by atoms with Crippen LogP contribution in [0.5, 0.6) is 0 Å². The molecule has 0 saturated carbocycles. The van der Waals surface area contributed by atoms with Crippen molar-refractivity contribution in [1.29, 1.82) is 0 Å². The third kappa shape index (κ3) is 7.65. The smallest absolute Gasteiger partial charge is 0.0547 e. The van der Waals surface area contributed by atoms with Crippen molar-refractivity contribution in [3.8, 4) is 12.3 Å². The molecule has 0 amide bonds. The molecular weight excluding hydrogens is 128 g/mol. The van der Waals surface area contributed by atoms with Gasteiger partial charge in [-0.25, -0.2) is 0 Å². The fraction of sp³-hybridized carbons (Fsp3) is 0.500. The van der Waals surface area contributed by atoms with Crippen molar-refractivity contribution in [2.45, 2.75) is 13.8 Å². The van der Waals surface area contributed by atoms with Crippen molar-refractivity contribution >= 4 is 11.8 Å². The number of hydrogen-bond donors (Lipinski definition) is 0. The number of thioether (sulfide) groups is 1. The van der Waals surface area contributed by atoms with Gasteiger partial charge in [0.15, 0.2) is 0 Å². The van der Waals surface area contributed by atoms with Crippen molar-refractivity contribution < 1.29 is 0 Å². The van der Waals surface area contributed by atoms with E-state index in [1.165, 1.54) is 5.57 Å². The zero-order valence-electron chi connectivity index (χ0n) is 5.98. The molecule has 0 fully saturated rings. The van der Waals surface area contributed by atoms with Crippen LogP contribution in [0.1, 0.15) is 13.8 Å². The normalized spacial score (nSPS) is 8.11. The molecule has 0 heterocycles. The third-order valence-electron chi connectivity index (χ3n) is 0.795. The summed E-state index contributed by atoms with van der Waals surface area (Å²) in [6.07, 6.45) is 7.24. The Morgan fingerprint density at radius 3 is 2.78 bits per heavy atom. The Morgan fingerprint density at radius 1 is 1.67 bits per heavy atom. The van der Waals surface area contributed by atoms with Crippen LogP contribution in [0.25, 0.3) is 0 Å². The second kappa shape index (κ2) is 5.78. The van der Waals surface area contributed by atoms with Gasteiger partial charge in [-0.1, -0.05) is 17.6 Å². The van der Waals surface area contributed by atoms with E-state index in [4.69, 9.17) is 6.42 Å². The summed E-state index contributed by atoms with van der Waals surface area (Å²) in [6, 6.07) is 0. The minimum absolute atomic E-state index is 0.823. The summed E-state index contributed by atoms with van der Waals surface area (Å²) in [6.45, 7) is 4.19. The zero-order valence-corrected chi connectivity index (χ0v) is 6.79. The van der Waals surface area contributed by atoms with Crippen molar-refractivity contribution in [3.63, 3.8) is 0 Å². The van der Waals surface area contributed by atoms with Gasteiger partial charge in [-0.2, -0.15) is 0 Å². The minimum atomic E-state index is 0.823. The maximum Gasteiger partial charge on any atom is 0.0547 e. The molecule has 1 heteroatoms. The second-order valence-corrected chi connectivity index (χ2v) is 3.03. The van der Waals surface area contributed by atoms with Gasteiger partial charge in [0, 0.05) is 5.75 Å². The van der Waals surface area contributed by atoms with Gasteiger partial charge < -0.3 is 0 Å². The molecule has 0 aromatic heterocycles. The molecule has 0 aliphatic rings. The van der Waals surface area contributed by atoms with E-state index in [1.807, 2.05) is 0 Å². The minimum Gasteiger partial charge on any atom is -0.145 e. The third-order valence-corrected chi connectivity index (χ3v) is 1.57. The Balaban J connectivity index is 3.12. The van der Waals surface area contributed by atoms with E-state index in [2.05, 4.69) is 25.8 Å². The van der Waals surface area contributed by atoms with Crippen LogP contribution < -0.4 is 0 Å². The predicted octanol–water partition coefficient (Wildman–Crippen LogP) is 2.32. The van der Waals surface area contributed by atoms with Crippen LogP contribution in [0.3, 0.4) is 0 Å². The lowest BCUT2D eigenvalue weighted by molar-refractivity contribution is 1.37. The Kier molecular flexibility index (Phi) is 5.56. The van der Waals surface area contributed by atoms with Gasteiger partial charge in [-0.05, 0) is 13.8 Å². The van der Waals surface area contributed by atoms with Gasteiger partial charge >= 0.3 is 0 Å². The highest BCUT2D eigenvalue weighted by molar-refractivity contribution is 7.99. The molecule has 0 radical (unpaired) electrons. The number of rotatable bonds is 3. The average Bonchev–Trinajstić information content (AvgIpc) is 1.80. The summed E-state index contributed by atoms with van der Waals surface area (Å²) in [5.41, 5.74) is 1.36. The largest absolute Gasteiger partial charge is 0.145 e. The first-order valence-corrected chi connectivity index (χ1v) is 4.07. The van der Waals surface area contributed by atoms with Gasteiger partial charge in [0.1, 0.15) is 0 Å². The summed E-state index contributed by atoms with van der Waals surface area (Å²) < 4.78 is 0. The van der Waals surface area contributed by atoms with Crippen molar-refractivity contribution in [2.75, 3.05) is 11.5 Å². The molecular formula is C8H12S. The highest BCUT2D eigenvalue weighted by atomic mass is 32.2. The van der Waals surface area contributed by atoms with Crippen molar-refractivity contribution in [2.24, 2.45) is 0 Å². The van der Waals surface area contributed by atoms with Crippen LogP contribution in [0.4, 0.5) is 0 Å². The monoisotopic (exact) mass is 140 g/mol. The SMILES string of the molecule is C#CCSCC=C(C)C. The highest BCUT2D eigenvalue weighted by Gasteiger charge is 1.79. The quantitative estimate of drug-likeness (QED) is 0.329. The maximum absolute atomic E-state index is 5.05. The molecule has 0 N–H and O–H groups in total. The van der Waals surface area contributed by atoms with Crippen molar-refractivity contribution in [3.05, 3.63) is 11.6 Å². The molecule has 0 unspecified atom stereocenters. The fourth-order valence-electron chi connectivity index (χ4n) is 0.343. The molecule has 0 aliphatic heterocycles. The molecule has 9 heavy (non-hydrogen) atoms. The summed E-state index contributed by atoms with van der Waals surface area (Å²) in [4.78, 5) is 0. The predicted molar refractivity (Wildman–Crippen MR) is 45.6 cm³/mol. The number of hydrogen-bond acceptors (Lipinski definition) is 1. The summed E-state index contributed by atoms with van der Waals surface area (Å²) in [5, 5.41) is 0. The Hall–Kier alpha value is -0.350. The molecule has 0 saturated heterocycles. The van der Waals surface area contributed by atoms with Crippen molar-refractivity contribution in [1.82, 2.24) is 0 Å². The average molecular weight is 140 g/mol. The number of allylic oxidation sites excluding steroid dienone is 1. The van der Waals surface area contributed by atoms with Crippen LogP contribution in [0.15, 0.2) is 11.6 Å². The summed E-state index contributed by atoms with van der Waals surface area (Å²) in [5.74, 6) is 4.45. The molecule has 0 aromatic rings. The highest BCUT2D eigenvalue weighted by Crippen LogP contribution is 2.00. The summed E-state index contributed by atoms with van der Waals surface area (Å²) >= 11 is 1.77. The van der Waals surface area contributed by atoms with E-state index in [0.717, 1.165) is 11.5 Å². The lowest BCUT2D eigenvalue weighted by atomic mass is 10.3. The Labute approximate surface area is 61.7 Å². The molecule has 0 aromatic carbocycles. The van der Waals surface area contributed by atoms with Gasteiger partial charge in [-0.15, -0.1) is 18.2 Å². The van der Waals surface area contributed by atoms with Gasteiger partial charge in [0.05, 0.1) is 5.75 Å². The topological polar surface area (TPSA) is 0 Å².